The maximum Gasteiger partial charge on any atom is 0.338 e. The van der Waals surface area contributed by atoms with Gasteiger partial charge in [-0.15, -0.1) is 0 Å². The Morgan fingerprint density at radius 3 is 1.37 bits per heavy atom. The molecule has 0 unspecified atom stereocenters. The van der Waals surface area contributed by atoms with E-state index in [1.54, 1.807) is 84.9 Å². The Morgan fingerprint density at radius 1 is 0.451 bits per heavy atom. The number of hydrogen-bond acceptors (Lipinski definition) is 16. The van der Waals surface area contributed by atoms with Gasteiger partial charge in [-0.05, 0) is 96.0 Å². The van der Waals surface area contributed by atoms with Crippen molar-refractivity contribution in [3.05, 3.63) is 216 Å². The van der Waals surface area contributed by atoms with E-state index in [1.165, 1.54) is 46.8 Å². The third-order valence-corrected chi connectivity index (χ3v) is 19.3. The summed E-state index contributed by atoms with van der Waals surface area (Å²) in [6.45, 7) is 6.37. The van der Waals surface area contributed by atoms with Gasteiger partial charge in [0.1, 0.15) is 37.1 Å². The number of unbranched alkanes of at least 4 members (excludes halogenated alkanes) is 3. The van der Waals surface area contributed by atoms with Crippen LogP contribution < -0.4 is 10.4 Å². The summed E-state index contributed by atoms with van der Waals surface area (Å²) in [6.07, 6.45) is -8.11. The molecule has 0 spiro atoms. The van der Waals surface area contributed by atoms with Gasteiger partial charge in [0.2, 0.25) is 0 Å². The van der Waals surface area contributed by atoms with Gasteiger partial charge in [-0.3, -0.25) is 0 Å². The quantitative estimate of drug-likeness (QED) is 0.0162. The lowest BCUT2D eigenvalue weighted by molar-refractivity contribution is -0.329. The second-order valence-corrected chi connectivity index (χ2v) is 25.4. The number of esters is 4. The highest BCUT2D eigenvalue weighted by Gasteiger charge is 2.55. The van der Waals surface area contributed by atoms with Crippen LogP contribution in [0.1, 0.15) is 94.3 Å². The van der Waals surface area contributed by atoms with E-state index in [-0.39, 0.29) is 33.9 Å². The highest BCUT2D eigenvalue weighted by molar-refractivity contribution is 6.99. The lowest BCUT2D eigenvalue weighted by Crippen LogP contribution is -2.66. The fourth-order valence-corrected chi connectivity index (χ4v) is 14.6. The Morgan fingerprint density at radius 2 is 0.878 bits per heavy atom. The van der Waals surface area contributed by atoms with Gasteiger partial charge in [-0.1, -0.05) is 166 Å². The van der Waals surface area contributed by atoms with Crippen LogP contribution in [0, 0.1) is 0 Å². The third-order valence-electron chi connectivity index (χ3n) is 14.3. The molecule has 2 heterocycles. The van der Waals surface area contributed by atoms with Gasteiger partial charge in [-0.2, -0.15) is 0 Å². The van der Waals surface area contributed by atoms with Gasteiger partial charge in [0.05, 0.1) is 35.5 Å². The molecule has 0 bridgehead atoms. The van der Waals surface area contributed by atoms with E-state index in [0.29, 0.717) is 19.4 Å². The lowest BCUT2D eigenvalue weighted by atomic mass is 9.97. The molecule has 17 heteroatoms. The fourth-order valence-electron chi connectivity index (χ4n) is 10.0. The minimum Gasteiger partial charge on any atom is -0.459 e. The van der Waals surface area contributed by atoms with Crippen molar-refractivity contribution in [3.8, 4) is 0 Å². The van der Waals surface area contributed by atoms with Crippen LogP contribution in [-0.4, -0.2) is 135 Å². The summed E-state index contributed by atoms with van der Waals surface area (Å²) in [6, 6.07) is 53.1. The average Bonchev–Trinajstić information content (AvgIpc) is 2.84. The van der Waals surface area contributed by atoms with Gasteiger partial charge >= 0.3 is 23.9 Å². The molecule has 3 N–H and O–H groups in total. The molecule has 2 saturated heterocycles. The van der Waals surface area contributed by atoms with Gasteiger partial charge in [0.25, 0.3) is 8.32 Å². The van der Waals surface area contributed by atoms with E-state index >= 15 is 0 Å². The van der Waals surface area contributed by atoms with E-state index in [0.717, 1.165) is 19.3 Å². The monoisotopic (exact) mass is 1140 g/mol. The zero-order valence-corrected chi connectivity index (χ0v) is 47.3. The number of rotatable bonds is 25. The van der Waals surface area contributed by atoms with Gasteiger partial charge in [0.15, 0.2) is 30.9 Å². The number of aliphatic hydroxyl groups excluding tert-OH is 3. The molecule has 2 aliphatic rings. The van der Waals surface area contributed by atoms with Crippen molar-refractivity contribution in [1.29, 1.82) is 0 Å². The summed E-state index contributed by atoms with van der Waals surface area (Å²) < 4.78 is 55.9. The fraction of sp³-hybridized carbons (Fsp3) is 0.354. The summed E-state index contributed by atoms with van der Waals surface area (Å²) in [7, 11) is -2.62. The van der Waals surface area contributed by atoms with E-state index in [1.807, 2.05) is 12.1 Å². The molecule has 2 aliphatic heterocycles. The van der Waals surface area contributed by atoms with Crippen LogP contribution in [0.5, 0.6) is 0 Å². The maximum atomic E-state index is 14.1. The molecule has 8 rings (SSSR count). The van der Waals surface area contributed by atoms with Gasteiger partial charge < -0.3 is 57.6 Å². The molecule has 16 nitrogen and oxygen atoms in total. The number of ether oxygens (including phenoxy) is 8. The number of carbonyl (C=O) groups excluding carboxylic acids is 4. The van der Waals surface area contributed by atoms with Crippen molar-refractivity contribution in [2.75, 3.05) is 26.4 Å². The Bertz CT molecular complexity index is 2910. The number of benzene rings is 6. The molecular formula is C65H72O16Si. The zero-order valence-electron chi connectivity index (χ0n) is 46.3. The number of carbonyl (C=O) groups is 4. The molecule has 0 amide bonds. The van der Waals surface area contributed by atoms with Gasteiger partial charge in [0, 0.05) is 6.61 Å². The largest absolute Gasteiger partial charge is 0.459 e. The van der Waals surface area contributed by atoms with Crippen LogP contribution in [0.3, 0.4) is 0 Å². The minimum atomic E-state index is -2.62. The summed E-state index contributed by atoms with van der Waals surface area (Å²) in [5.74, 6) is -3.44. The Kier molecular flexibility index (Phi) is 22.1. The molecule has 10 atom stereocenters. The van der Waals surface area contributed by atoms with Crippen LogP contribution >= 0.6 is 0 Å². The third kappa shape index (κ3) is 15.7. The molecular weight excluding hydrogens is 1060 g/mol. The summed E-state index contributed by atoms with van der Waals surface area (Å²) in [5, 5.41) is 35.8. The predicted octanol–water partition coefficient (Wildman–Crippen LogP) is 8.17. The van der Waals surface area contributed by atoms with Crippen LogP contribution in [0.2, 0.25) is 5.04 Å². The molecule has 432 valence electrons. The Balaban J connectivity index is 0.934. The zero-order chi connectivity index (χ0) is 57.9. The summed E-state index contributed by atoms with van der Waals surface area (Å²) in [5.41, 5.74) is 0.503. The van der Waals surface area contributed by atoms with Crippen LogP contribution in [0.4, 0.5) is 0 Å². The Hall–Kier alpha value is -7.16. The lowest BCUT2D eigenvalue weighted by Gasteiger charge is -2.45. The van der Waals surface area contributed by atoms with Crippen LogP contribution in [-0.2, 0) is 42.3 Å². The van der Waals surface area contributed by atoms with Crippen molar-refractivity contribution >= 4 is 42.6 Å². The summed E-state index contributed by atoms with van der Waals surface area (Å²) in [4.78, 5) is 55.4. The molecule has 0 aromatic heterocycles. The van der Waals surface area contributed by atoms with Crippen LogP contribution in [0.25, 0.3) is 0 Å². The van der Waals surface area contributed by atoms with Crippen molar-refractivity contribution in [3.63, 3.8) is 0 Å². The first-order valence-electron chi connectivity index (χ1n) is 27.7. The van der Waals surface area contributed by atoms with E-state index in [2.05, 4.69) is 81.5 Å². The Labute approximate surface area is 479 Å². The van der Waals surface area contributed by atoms with Crippen LogP contribution in [0.15, 0.2) is 194 Å². The van der Waals surface area contributed by atoms with E-state index in [4.69, 9.17) is 42.3 Å². The van der Waals surface area contributed by atoms with E-state index < -0.39 is 107 Å². The molecule has 2 fully saturated rings. The normalized spacial score (nSPS) is 22.9. The highest BCUT2D eigenvalue weighted by atomic mass is 28.4. The first-order valence-corrected chi connectivity index (χ1v) is 29.6. The smallest absolute Gasteiger partial charge is 0.338 e. The standard InChI is InChI=1S/C65H72O16Si/c1-65(2,3)82(49-37-23-13-24-38-49,50-39-25-14-26-40-50)76-42-28-8-6-4-5-7-27-41-73-63-55(68)54(67)53(66)51(77-63)43-75-64-58(81-62(72)48-35-21-12-22-36-48)57(80-61(71)47-33-19-11-20-34-47)56(79-60(70)46-31-17-10-18-32-46)52(78-64)44-74-59(69)45-29-15-9-16-30-45/h4-5,9-26,29-40,51-58,63-64,66-68H,6-8,27-28,41-44H2,1-3H3/b5-4+/t51-,52-,53-,54+,55+,56-,57+,58+,63+,64+/m1/s1. The number of hydrogen-bond donors (Lipinski definition) is 3. The van der Waals surface area contributed by atoms with Crippen molar-refractivity contribution in [1.82, 2.24) is 0 Å². The first kappa shape index (κ1) is 60.9. The summed E-state index contributed by atoms with van der Waals surface area (Å²) >= 11 is 0. The second-order valence-electron chi connectivity index (χ2n) is 21.1. The van der Waals surface area contributed by atoms with E-state index in [9.17, 15) is 34.5 Å². The maximum absolute atomic E-state index is 14.1. The molecule has 0 saturated carbocycles. The van der Waals surface area contributed by atoms with Crippen molar-refractivity contribution in [2.24, 2.45) is 0 Å². The molecule has 6 aromatic carbocycles. The number of allylic oxidation sites excluding steroid dienone is 2. The second kappa shape index (κ2) is 29.7. The molecule has 82 heavy (non-hydrogen) atoms. The first-order chi connectivity index (χ1) is 39.7. The van der Waals surface area contributed by atoms with Crippen molar-refractivity contribution < 1.29 is 76.8 Å². The minimum absolute atomic E-state index is 0.0948. The molecule has 6 aromatic rings. The van der Waals surface area contributed by atoms with Crippen molar-refractivity contribution in [2.45, 2.75) is 119 Å². The highest BCUT2D eigenvalue weighted by Crippen LogP contribution is 2.37. The number of aliphatic hydroxyl groups is 3. The SMILES string of the molecule is CC(C)(C)[Si](OCCCC/C=C/CCCO[C@H]1O[C@H](CO[C@H]2O[C@H](COC(=O)c3ccccc3)[C@@H](OC(=O)c3ccccc3)[C@H](OC(=O)c3ccccc3)[C@@H]2OC(=O)c2ccccc2)[C@@H](O)[C@H](O)[C@@H]1O)(c1ccccc1)c1ccccc1. The van der Waals surface area contributed by atoms with Gasteiger partial charge in [-0.25, -0.2) is 19.2 Å². The topological polar surface area (TPSA) is 212 Å². The predicted molar refractivity (Wildman–Crippen MR) is 307 cm³/mol. The molecule has 0 aliphatic carbocycles. The molecule has 0 radical (unpaired) electrons. The average molecular weight is 1140 g/mol.